The van der Waals surface area contributed by atoms with E-state index in [4.69, 9.17) is 4.42 Å². The number of aryl methyl sites for hydroxylation is 1. The number of carbonyl (C=O) groups is 2. The molecule has 0 spiro atoms. The van der Waals surface area contributed by atoms with E-state index in [0.717, 1.165) is 22.9 Å². The maximum absolute atomic E-state index is 12.6. The minimum Gasteiger partial charge on any atom is -0.472 e. The number of anilines is 2. The molecule has 0 aliphatic rings. The number of nitrogens with one attached hydrogen (secondary N) is 3. The average Bonchev–Trinajstić information content (AvgIpc) is 3.38. The number of hydrogen-bond acceptors (Lipinski definition) is 6. The lowest BCUT2D eigenvalue weighted by molar-refractivity contribution is 0.0949. The topological polar surface area (TPSA) is 130 Å². The van der Waals surface area contributed by atoms with Gasteiger partial charge in [-0.2, -0.15) is 0 Å². The van der Waals surface area contributed by atoms with E-state index in [2.05, 4.69) is 20.3 Å². The molecule has 0 radical (unpaired) electrons. The van der Waals surface area contributed by atoms with Crippen molar-refractivity contribution in [2.24, 2.45) is 0 Å². The maximum atomic E-state index is 12.6. The summed E-state index contributed by atoms with van der Waals surface area (Å²) in [4.78, 5) is 29.4. The number of sulfonamides is 1. The number of carbonyl (C=O) groups excluding carboxylic acids is 2. The number of rotatable bonds is 8. The van der Waals surface area contributed by atoms with Crippen molar-refractivity contribution < 1.29 is 22.4 Å². The summed E-state index contributed by atoms with van der Waals surface area (Å²) in [5.74, 6) is -0.593. The van der Waals surface area contributed by atoms with Crippen LogP contribution < -0.4 is 15.4 Å². The van der Waals surface area contributed by atoms with Crippen molar-refractivity contribution in [1.29, 1.82) is 0 Å². The largest absolute Gasteiger partial charge is 0.472 e. The highest BCUT2D eigenvalue weighted by Gasteiger charge is 2.12. The van der Waals surface area contributed by atoms with Crippen LogP contribution in [0.1, 0.15) is 31.8 Å². The monoisotopic (exact) mass is 504 g/mol. The van der Waals surface area contributed by atoms with Gasteiger partial charge in [-0.1, -0.05) is 18.2 Å². The van der Waals surface area contributed by atoms with Crippen LogP contribution in [0.5, 0.6) is 0 Å². The fourth-order valence-electron chi connectivity index (χ4n) is 3.50. The minimum atomic E-state index is -3.39. The molecule has 4 aromatic rings. The first kappa shape index (κ1) is 24.7. The molecule has 9 nitrogen and oxygen atoms in total. The van der Waals surface area contributed by atoms with Crippen molar-refractivity contribution in [1.82, 2.24) is 10.3 Å². The van der Waals surface area contributed by atoms with Crippen LogP contribution in [0.15, 0.2) is 83.8 Å². The predicted molar refractivity (Wildman–Crippen MR) is 137 cm³/mol. The molecule has 0 bridgehead atoms. The molecular weight excluding hydrogens is 480 g/mol. The molecule has 2 aromatic heterocycles. The predicted octanol–water partition coefficient (Wildman–Crippen LogP) is 4.20. The Labute approximate surface area is 208 Å². The summed E-state index contributed by atoms with van der Waals surface area (Å²) in [6, 6.07) is 17.3. The van der Waals surface area contributed by atoms with Gasteiger partial charge in [0.2, 0.25) is 10.0 Å². The molecule has 0 fully saturated rings. The molecule has 4 rings (SSSR count). The van der Waals surface area contributed by atoms with Crippen LogP contribution in [0, 0.1) is 6.92 Å². The first-order valence-corrected chi connectivity index (χ1v) is 12.8. The van der Waals surface area contributed by atoms with Crippen LogP contribution in [0.3, 0.4) is 0 Å². The second-order valence-electron chi connectivity index (χ2n) is 8.19. The standard InChI is InChI=1S/C26H24N4O5S/c1-17-6-8-21(29-26(32)20-10-11-35-16-20)13-23(17)24-9-7-19(15-27-24)25(31)28-14-18-4-3-5-22(12-18)30-36(2,33)34/h3-13,15-16,30H,14H2,1-2H3,(H,28,31)(H,29,32). The molecule has 0 atom stereocenters. The van der Waals surface area contributed by atoms with Gasteiger partial charge in [-0.05, 0) is 60.5 Å². The molecule has 0 unspecified atom stereocenters. The molecule has 184 valence electrons. The van der Waals surface area contributed by atoms with E-state index in [9.17, 15) is 18.0 Å². The number of nitrogens with zero attached hydrogens (tertiary/aromatic N) is 1. The van der Waals surface area contributed by atoms with E-state index in [1.54, 1.807) is 48.5 Å². The van der Waals surface area contributed by atoms with E-state index in [0.29, 0.717) is 28.2 Å². The summed E-state index contributed by atoms with van der Waals surface area (Å²) in [7, 11) is -3.39. The van der Waals surface area contributed by atoms with Crippen molar-refractivity contribution in [2.45, 2.75) is 13.5 Å². The number of hydrogen-bond donors (Lipinski definition) is 3. The Bertz CT molecular complexity index is 1500. The van der Waals surface area contributed by atoms with E-state index in [1.165, 1.54) is 18.7 Å². The third kappa shape index (κ3) is 6.36. The highest BCUT2D eigenvalue weighted by Crippen LogP contribution is 2.26. The first-order valence-electron chi connectivity index (χ1n) is 10.9. The van der Waals surface area contributed by atoms with E-state index in [-0.39, 0.29) is 18.4 Å². The Morgan fingerprint density at radius 1 is 0.944 bits per heavy atom. The lowest BCUT2D eigenvalue weighted by atomic mass is 10.0. The Morgan fingerprint density at radius 3 is 2.47 bits per heavy atom. The second-order valence-corrected chi connectivity index (χ2v) is 9.93. The third-order valence-corrected chi connectivity index (χ3v) is 5.87. The third-order valence-electron chi connectivity index (χ3n) is 5.26. The molecule has 0 saturated carbocycles. The summed E-state index contributed by atoms with van der Waals surface area (Å²) in [5, 5.41) is 5.64. The highest BCUT2D eigenvalue weighted by atomic mass is 32.2. The molecule has 0 aliphatic carbocycles. The zero-order chi connectivity index (χ0) is 25.7. The summed E-state index contributed by atoms with van der Waals surface area (Å²) < 4.78 is 30.2. The van der Waals surface area contributed by atoms with Gasteiger partial charge in [0.1, 0.15) is 6.26 Å². The zero-order valence-electron chi connectivity index (χ0n) is 19.6. The van der Waals surface area contributed by atoms with Gasteiger partial charge in [-0.3, -0.25) is 19.3 Å². The molecule has 0 saturated heterocycles. The van der Waals surface area contributed by atoms with E-state index in [1.807, 2.05) is 19.1 Å². The minimum absolute atomic E-state index is 0.220. The Balaban J connectivity index is 1.42. The van der Waals surface area contributed by atoms with Gasteiger partial charge in [0, 0.05) is 29.7 Å². The van der Waals surface area contributed by atoms with E-state index < -0.39 is 10.0 Å². The summed E-state index contributed by atoms with van der Waals surface area (Å²) >= 11 is 0. The van der Waals surface area contributed by atoms with Crippen molar-refractivity contribution in [3.05, 3.63) is 102 Å². The number of benzene rings is 2. The number of furan rings is 1. The van der Waals surface area contributed by atoms with Gasteiger partial charge in [0.05, 0.1) is 29.3 Å². The van der Waals surface area contributed by atoms with Gasteiger partial charge in [-0.25, -0.2) is 8.42 Å². The number of aromatic nitrogens is 1. The Kier molecular flexibility index (Phi) is 7.16. The van der Waals surface area contributed by atoms with Gasteiger partial charge >= 0.3 is 0 Å². The Hall–Kier alpha value is -4.44. The maximum Gasteiger partial charge on any atom is 0.258 e. The second kappa shape index (κ2) is 10.4. The summed E-state index contributed by atoms with van der Waals surface area (Å²) in [6.45, 7) is 2.16. The molecule has 36 heavy (non-hydrogen) atoms. The molecule has 10 heteroatoms. The van der Waals surface area contributed by atoms with Gasteiger partial charge in [-0.15, -0.1) is 0 Å². The van der Waals surface area contributed by atoms with Crippen molar-refractivity contribution in [3.8, 4) is 11.3 Å². The van der Waals surface area contributed by atoms with Crippen molar-refractivity contribution in [2.75, 3.05) is 16.3 Å². The lowest BCUT2D eigenvalue weighted by Crippen LogP contribution is -2.23. The zero-order valence-corrected chi connectivity index (χ0v) is 20.4. The fraction of sp³-hybridized carbons (Fsp3) is 0.115. The van der Waals surface area contributed by atoms with Crippen LogP contribution in [-0.2, 0) is 16.6 Å². The first-order chi connectivity index (χ1) is 17.2. The quantitative estimate of drug-likeness (QED) is 0.330. The van der Waals surface area contributed by atoms with Crippen molar-refractivity contribution >= 4 is 33.2 Å². The summed E-state index contributed by atoms with van der Waals surface area (Å²) in [5.41, 5.74) is 5.02. The molecule has 2 amide bonds. The molecule has 2 aromatic carbocycles. The number of amides is 2. The molecule has 2 heterocycles. The van der Waals surface area contributed by atoms with Crippen LogP contribution in [0.4, 0.5) is 11.4 Å². The van der Waals surface area contributed by atoms with Gasteiger partial charge < -0.3 is 15.1 Å². The number of pyridine rings is 1. The van der Waals surface area contributed by atoms with Crippen LogP contribution in [0.25, 0.3) is 11.3 Å². The van der Waals surface area contributed by atoms with Crippen molar-refractivity contribution in [3.63, 3.8) is 0 Å². The lowest BCUT2D eigenvalue weighted by Gasteiger charge is -2.11. The normalized spacial score (nSPS) is 11.1. The highest BCUT2D eigenvalue weighted by molar-refractivity contribution is 7.92. The molecule has 0 aliphatic heterocycles. The van der Waals surface area contributed by atoms with Crippen LogP contribution >= 0.6 is 0 Å². The van der Waals surface area contributed by atoms with Gasteiger partial charge in [0.25, 0.3) is 11.8 Å². The van der Waals surface area contributed by atoms with Gasteiger partial charge in [0.15, 0.2) is 0 Å². The smallest absolute Gasteiger partial charge is 0.258 e. The van der Waals surface area contributed by atoms with Crippen LogP contribution in [0.2, 0.25) is 0 Å². The molecule has 3 N–H and O–H groups in total. The van der Waals surface area contributed by atoms with E-state index >= 15 is 0 Å². The fourth-order valence-corrected chi connectivity index (χ4v) is 4.06. The Morgan fingerprint density at radius 2 is 1.78 bits per heavy atom. The SMILES string of the molecule is Cc1ccc(NC(=O)c2ccoc2)cc1-c1ccc(C(=O)NCc2cccc(NS(C)(=O)=O)c2)cn1. The van der Waals surface area contributed by atoms with Crippen LogP contribution in [-0.4, -0.2) is 31.5 Å². The average molecular weight is 505 g/mol. The summed E-state index contributed by atoms with van der Waals surface area (Å²) in [6.07, 6.45) is 5.37. The molecular formula is C26H24N4O5S.